The van der Waals surface area contributed by atoms with Crippen LogP contribution in [0.15, 0.2) is 53.4 Å². The molecule has 2 N–H and O–H groups in total. The zero-order valence-electron chi connectivity index (χ0n) is 12.5. The molecule has 122 valence electrons. The molecule has 0 spiro atoms. The number of hydrogen-bond acceptors (Lipinski definition) is 3. The van der Waals surface area contributed by atoms with Gasteiger partial charge in [0.25, 0.3) is 0 Å². The van der Waals surface area contributed by atoms with Gasteiger partial charge in [0, 0.05) is 18.5 Å². The van der Waals surface area contributed by atoms with Crippen molar-refractivity contribution in [2.75, 3.05) is 18.1 Å². The molecule has 0 saturated carbocycles. The van der Waals surface area contributed by atoms with E-state index in [2.05, 4.69) is 10.6 Å². The van der Waals surface area contributed by atoms with Crippen LogP contribution in [0.25, 0.3) is 0 Å². The van der Waals surface area contributed by atoms with Gasteiger partial charge in [0.2, 0.25) is 0 Å². The third kappa shape index (κ3) is 5.37. The minimum Gasteiger partial charge on any atom is -0.338 e. The van der Waals surface area contributed by atoms with Crippen LogP contribution < -0.4 is 10.6 Å². The lowest BCUT2D eigenvalue weighted by molar-refractivity contribution is 0.252. The van der Waals surface area contributed by atoms with Gasteiger partial charge in [-0.15, -0.1) is 0 Å². The highest BCUT2D eigenvalue weighted by atomic mass is 32.2. The Labute approximate surface area is 134 Å². The average Bonchev–Trinajstić information content (AvgIpc) is 2.46. The Balaban J connectivity index is 1.88. The van der Waals surface area contributed by atoms with E-state index < -0.39 is 15.9 Å². The molecule has 2 amide bonds. The summed E-state index contributed by atoms with van der Waals surface area (Å²) in [5.74, 6) is -0.315. The monoisotopic (exact) mass is 336 g/mol. The molecule has 0 atom stereocenters. The van der Waals surface area contributed by atoms with Crippen LogP contribution in [0, 0.1) is 5.82 Å². The van der Waals surface area contributed by atoms with Crippen molar-refractivity contribution in [3.8, 4) is 0 Å². The minimum absolute atomic E-state index is 0.134. The van der Waals surface area contributed by atoms with Crippen LogP contribution in [0.5, 0.6) is 0 Å². The number of carbonyl (C=O) groups excluding carboxylic acids is 1. The largest absolute Gasteiger partial charge is 0.338 e. The van der Waals surface area contributed by atoms with E-state index in [1.807, 2.05) is 0 Å². The van der Waals surface area contributed by atoms with Gasteiger partial charge in [0.15, 0.2) is 9.84 Å². The maximum absolute atomic E-state index is 13.0. The molecule has 23 heavy (non-hydrogen) atoms. The molecule has 7 heteroatoms. The molecule has 5 nitrogen and oxygen atoms in total. The van der Waals surface area contributed by atoms with Gasteiger partial charge in [-0.3, -0.25) is 0 Å². The summed E-state index contributed by atoms with van der Waals surface area (Å²) in [6, 6.07) is 11.7. The van der Waals surface area contributed by atoms with Gasteiger partial charge in [-0.25, -0.2) is 17.6 Å². The predicted molar refractivity (Wildman–Crippen MR) is 86.7 cm³/mol. The topological polar surface area (TPSA) is 75.3 Å². The van der Waals surface area contributed by atoms with E-state index in [-0.39, 0.29) is 10.7 Å². The summed E-state index contributed by atoms with van der Waals surface area (Å²) < 4.78 is 36.0. The second-order valence-electron chi connectivity index (χ2n) is 5.06. The van der Waals surface area contributed by atoms with E-state index in [0.717, 1.165) is 11.8 Å². The smallest absolute Gasteiger partial charge is 0.319 e. The van der Waals surface area contributed by atoms with Gasteiger partial charge in [-0.2, -0.15) is 0 Å². The number of amides is 2. The molecule has 0 unspecified atom stereocenters. The molecule has 2 rings (SSSR count). The van der Waals surface area contributed by atoms with Crippen molar-refractivity contribution in [2.24, 2.45) is 0 Å². The quantitative estimate of drug-likeness (QED) is 0.881. The van der Waals surface area contributed by atoms with Gasteiger partial charge in [-0.1, -0.05) is 18.2 Å². The van der Waals surface area contributed by atoms with E-state index >= 15 is 0 Å². The zero-order valence-corrected chi connectivity index (χ0v) is 13.4. The highest BCUT2D eigenvalue weighted by molar-refractivity contribution is 7.90. The number of hydrogen-bond donors (Lipinski definition) is 2. The summed E-state index contributed by atoms with van der Waals surface area (Å²) in [7, 11) is -3.33. The van der Waals surface area contributed by atoms with E-state index in [0.29, 0.717) is 18.7 Å². The zero-order chi connectivity index (χ0) is 16.9. The average molecular weight is 336 g/mol. The summed E-state index contributed by atoms with van der Waals surface area (Å²) in [4.78, 5) is 11.9. The molecule has 0 aliphatic carbocycles. The molecule has 2 aromatic carbocycles. The predicted octanol–water partition coefficient (Wildman–Crippen LogP) is 2.59. The molecule has 0 heterocycles. The van der Waals surface area contributed by atoms with Crippen molar-refractivity contribution in [1.29, 1.82) is 0 Å². The molecule has 0 radical (unpaired) electrons. The molecule has 2 aromatic rings. The third-order valence-electron chi connectivity index (χ3n) is 3.11. The molecule has 0 saturated heterocycles. The number of halogens is 1. The molecule has 0 aromatic heterocycles. The SMILES string of the molecule is CS(=O)(=O)c1cccc(NC(=O)NCCc2cccc(F)c2)c1. The lowest BCUT2D eigenvalue weighted by Crippen LogP contribution is -2.30. The van der Waals surface area contributed by atoms with Crippen LogP contribution in [0.4, 0.5) is 14.9 Å². The van der Waals surface area contributed by atoms with Gasteiger partial charge >= 0.3 is 6.03 Å². The van der Waals surface area contributed by atoms with Crippen LogP contribution in [0.1, 0.15) is 5.56 Å². The Morgan fingerprint density at radius 3 is 2.57 bits per heavy atom. The lowest BCUT2D eigenvalue weighted by Gasteiger charge is -2.09. The summed E-state index contributed by atoms with van der Waals surface area (Å²) >= 11 is 0. The summed E-state index contributed by atoms with van der Waals surface area (Å²) in [6.45, 7) is 0.334. The Bertz CT molecular complexity index is 806. The number of rotatable bonds is 5. The molecular formula is C16H17FN2O3S. The number of benzene rings is 2. The van der Waals surface area contributed by atoms with E-state index in [1.54, 1.807) is 24.3 Å². The van der Waals surface area contributed by atoms with Crippen molar-refractivity contribution < 1.29 is 17.6 Å². The van der Waals surface area contributed by atoms with Crippen LogP contribution in [0.3, 0.4) is 0 Å². The van der Waals surface area contributed by atoms with Gasteiger partial charge in [0.1, 0.15) is 5.82 Å². The Morgan fingerprint density at radius 1 is 1.13 bits per heavy atom. The van der Waals surface area contributed by atoms with Crippen molar-refractivity contribution >= 4 is 21.6 Å². The van der Waals surface area contributed by atoms with E-state index in [9.17, 15) is 17.6 Å². The molecule has 0 fully saturated rings. The first-order valence-electron chi connectivity index (χ1n) is 6.94. The fourth-order valence-electron chi connectivity index (χ4n) is 1.99. The summed E-state index contributed by atoms with van der Waals surface area (Å²) in [6.07, 6.45) is 1.60. The maximum Gasteiger partial charge on any atom is 0.319 e. The normalized spacial score (nSPS) is 11.0. The number of nitrogens with one attached hydrogen (secondary N) is 2. The van der Waals surface area contributed by atoms with E-state index in [4.69, 9.17) is 0 Å². The molecule has 0 aliphatic rings. The Kier molecular flexibility index (Phi) is 5.33. The van der Waals surface area contributed by atoms with Crippen LogP contribution >= 0.6 is 0 Å². The van der Waals surface area contributed by atoms with Crippen molar-refractivity contribution in [3.05, 3.63) is 59.9 Å². The number of anilines is 1. The summed E-state index contributed by atoms with van der Waals surface area (Å²) in [5, 5.41) is 5.20. The van der Waals surface area contributed by atoms with Crippen LogP contribution in [0.2, 0.25) is 0 Å². The first-order chi connectivity index (χ1) is 10.8. The van der Waals surface area contributed by atoms with Crippen molar-refractivity contribution in [1.82, 2.24) is 5.32 Å². The molecular weight excluding hydrogens is 319 g/mol. The van der Waals surface area contributed by atoms with Gasteiger partial charge in [0.05, 0.1) is 4.90 Å². The Morgan fingerprint density at radius 2 is 1.87 bits per heavy atom. The van der Waals surface area contributed by atoms with Gasteiger partial charge in [-0.05, 0) is 42.3 Å². The molecule has 0 aliphatic heterocycles. The van der Waals surface area contributed by atoms with E-state index in [1.165, 1.54) is 24.3 Å². The lowest BCUT2D eigenvalue weighted by atomic mass is 10.1. The molecule has 0 bridgehead atoms. The Hall–Kier alpha value is -2.41. The third-order valence-corrected chi connectivity index (χ3v) is 4.22. The number of sulfone groups is 1. The first kappa shape index (κ1) is 17.0. The van der Waals surface area contributed by atoms with Crippen molar-refractivity contribution in [2.45, 2.75) is 11.3 Å². The van der Waals surface area contributed by atoms with Gasteiger partial charge < -0.3 is 10.6 Å². The fraction of sp³-hybridized carbons (Fsp3) is 0.188. The van der Waals surface area contributed by atoms with Crippen molar-refractivity contribution in [3.63, 3.8) is 0 Å². The first-order valence-corrected chi connectivity index (χ1v) is 8.83. The summed E-state index contributed by atoms with van der Waals surface area (Å²) in [5.41, 5.74) is 1.17. The number of carbonyl (C=O) groups is 1. The second-order valence-corrected chi connectivity index (χ2v) is 7.08. The highest BCUT2D eigenvalue weighted by Gasteiger charge is 2.08. The fourth-order valence-corrected chi connectivity index (χ4v) is 2.66. The standard InChI is InChI=1S/C16H17FN2O3S/c1-23(21,22)15-7-3-6-14(11-15)19-16(20)18-9-8-12-4-2-5-13(17)10-12/h2-7,10-11H,8-9H2,1H3,(H2,18,19,20). The highest BCUT2D eigenvalue weighted by Crippen LogP contribution is 2.15. The van der Waals surface area contributed by atoms with Crippen LogP contribution in [-0.2, 0) is 16.3 Å². The van der Waals surface area contributed by atoms with Crippen LogP contribution in [-0.4, -0.2) is 27.2 Å². The minimum atomic E-state index is -3.33. The maximum atomic E-state index is 13.0. The number of urea groups is 1. The second kappa shape index (κ2) is 7.23.